The fraction of sp³-hybridized carbons (Fsp3) is 1.00. The zero-order valence-corrected chi connectivity index (χ0v) is 11.7. The molecule has 0 radical (unpaired) electrons. The Bertz CT molecular complexity index is 380. The van der Waals surface area contributed by atoms with Gasteiger partial charge in [-0.1, -0.05) is 0 Å². The molecular weight excluding hydrogens is 234 g/mol. The van der Waals surface area contributed by atoms with Crippen LogP contribution in [0.3, 0.4) is 0 Å². The quantitative estimate of drug-likeness (QED) is 0.776. The standard InChI is InChI=1S/C13H23NO2S/c1-14(17(2,15)16)9-13-6-10-3-11(7-13)5-12(4-10)8-13/h10-12H,3-9H2,1-2H3. The number of nitrogens with zero attached hydrogens (tertiary/aromatic N) is 1. The van der Waals surface area contributed by atoms with Crippen molar-refractivity contribution in [1.82, 2.24) is 4.31 Å². The van der Waals surface area contributed by atoms with Crippen LogP contribution in [0.1, 0.15) is 38.5 Å². The molecule has 4 bridgehead atoms. The Morgan fingerprint density at radius 1 is 1.06 bits per heavy atom. The summed E-state index contributed by atoms with van der Waals surface area (Å²) in [6.07, 6.45) is 9.41. The second-order valence-electron chi connectivity index (χ2n) is 6.94. The second kappa shape index (κ2) is 3.70. The molecule has 0 N–H and O–H groups in total. The molecule has 0 aromatic heterocycles. The van der Waals surface area contributed by atoms with Gasteiger partial charge in [-0.25, -0.2) is 12.7 Å². The van der Waals surface area contributed by atoms with Gasteiger partial charge in [-0.2, -0.15) is 0 Å². The fourth-order valence-corrected chi connectivity index (χ4v) is 5.58. The van der Waals surface area contributed by atoms with Crippen LogP contribution in [0.5, 0.6) is 0 Å². The minimum absolute atomic E-state index is 0.326. The first-order chi connectivity index (χ1) is 7.86. The molecule has 17 heavy (non-hydrogen) atoms. The van der Waals surface area contributed by atoms with Crippen molar-refractivity contribution in [3.63, 3.8) is 0 Å². The molecule has 4 heteroatoms. The van der Waals surface area contributed by atoms with E-state index in [4.69, 9.17) is 0 Å². The summed E-state index contributed by atoms with van der Waals surface area (Å²) in [6, 6.07) is 0. The van der Waals surface area contributed by atoms with E-state index in [0.717, 1.165) is 24.3 Å². The SMILES string of the molecule is CN(CC12CC3CC(CC(C3)C1)C2)S(C)(=O)=O. The Morgan fingerprint density at radius 3 is 1.82 bits per heavy atom. The molecule has 0 amide bonds. The van der Waals surface area contributed by atoms with E-state index in [9.17, 15) is 8.42 Å². The van der Waals surface area contributed by atoms with Gasteiger partial charge in [0.1, 0.15) is 0 Å². The van der Waals surface area contributed by atoms with Gasteiger partial charge in [0, 0.05) is 13.6 Å². The Labute approximate surface area is 105 Å². The molecule has 0 unspecified atom stereocenters. The van der Waals surface area contributed by atoms with Crippen LogP contribution in [0.15, 0.2) is 0 Å². The minimum atomic E-state index is -3.01. The molecule has 0 atom stereocenters. The smallest absolute Gasteiger partial charge is 0.210 e. The maximum atomic E-state index is 11.6. The molecular formula is C13H23NO2S. The molecule has 4 aliphatic rings. The summed E-state index contributed by atoms with van der Waals surface area (Å²) in [5.41, 5.74) is 0.326. The summed E-state index contributed by atoms with van der Waals surface area (Å²) in [4.78, 5) is 0. The van der Waals surface area contributed by atoms with E-state index in [0.29, 0.717) is 5.41 Å². The van der Waals surface area contributed by atoms with Crippen LogP contribution in [0, 0.1) is 23.2 Å². The average Bonchev–Trinajstić information content (AvgIpc) is 2.12. The summed E-state index contributed by atoms with van der Waals surface area (Å²) < 4.78 is 24.7. The first-order valence-corrected chi connectivity index (χ1v) is 8.62. The summed E-state index contributed by atoms with van der Waals surface area (Å²) >= 11 is 0. The van der Waals surface area contributed by atoms with Crippen molar-refractivity contribution in [2.24, 2.45) is 23.2 Å². The summed E-state index contributed by atoms with van der Waals surface area (Å²) in [6.45, 7) is 0.759. The first kappa shape index (κ1) is 12.0. The highest BCUT2D eigenvalue weighted by Gasteiger charge is 2.51. The number of sulfonamides is 1. The zero-order chi connectivity index (χ0) is 12.3. The van der Waals surface area contributed by atoms with Crippen LogP contribution < -0.4 is 0 Å². The van der Waals surface area contributed by atoms with E-state index in [1.54, 1.807) is 11.4 Å². The van der Waals surface area contributed by atoms with E-state index < -0.39 is 10.0 Å². The van der Waals surface area contributed by atoms with Gasteiger partial charge >= 0.3 is 0 Å². The second-order valence-corrected chi connectivity index (χ2v) is 9.03. The van der Waals surface area contributed by atoms with Gasteiger partial charge in [0.25, 0.3) is 0 Å². The van der Waals surface area contributed by atoms with Gasteiger partial charge in [-0.15, -0.1) is 0 Å². The predicted molar refractivity (Wildman–Crippen MR) is 68.1 cm³/mol. The minimum Gasteiger partial charge on any atom is -0.213 e. The lowest BCUT2D eigenvalue weighted by Gasteiger charge is -2.57. The van der Waals surface area contributed by atoms with Crippen molar-refractivity contribution in [3.05, 3.63) is 0 Å². The molecule has 98 valence electrons. The van der Waals surface area contributed by atoms with Crippen LogP contribution in [0.25, 0.3) is 0 Å². The highest BCUT2D eigenvalue weighted by molar-refractivity contribution is 7.88. The van der Waals surface area contributed by atoms with Crippen LogP contribution in [-0.4, -0.2) is 32.6 Å². The molecule has 4 aliphatic carbocycles. The van der Waals surface area contributed by atoms with E-state index in [1.165, 1.54) is 44.8 Å². The molecule has 0 saturated heterocycles. The molecule has 3 nitrogen and oxygen atoms in total. The lowest BCUT2D eigenvalue weighted by Crippen LogP contribution is -2.51. The van der Waals surface area contributed by atoms with Crippen LogP contribution >= 0.6 is 0 Å². The lowest BCUT2D eigenvalue weighted by molar-refractivity contribution is -0.0583. The van der Waals surface area contributed by atoms with Crippen molar-refractivity contribution < 1.29 is 8.42 Å². The third-order valence-electron chi connectivity index (χ3n) is 5.29. The van der Waals surface area contributed by atoms with Gasteiger partial charge in [0.2, 0.25) is 10.0 Å². The Morgan fingerprint density at radius 2 is 1.47 bits per heavy atom. The highest BCUT2D eigenvalue weighted by Crippen LogP contribution is 2.60. The van der Waals surface area contributed by atoms with Crippen molar-refractivity contribution in [2.45, 2.75) is 38.5 Å². The Kier molecular flexibility index (Phi) is 2.61. The highest BCUT2D eigenvalue weighted by atomic mass is 32.2. The predicted octanol–water partition coefficient (Wildman–Crippen LogP) is 2.09. The van der Waals surface area contributed by atoms with Crippen LogP contribution in [0.4, 0.5) is 0 Å². The van der Waals surface area contributed by atoms with E-state index in [-0.39, 0.29) is 0 Å². The summed E-state index contributed by atoms with van der Waals surface area (Å²) in [5, 5.41) is 0. The normalized spacial score (nSPS) is 44.5. The van der Waals surface area contributed by atoms with Gasteiger partial charge in [0.05, 0.1) is 6.26 Å². The number of hydrogen-bond donors (Lipinski definition) is 0. The molecule has 0 spiro atoms. The van der Waals surface area contributed by atoms with E-state index in [2.05, 4.69) is 0 Å². The van der Waals surface area contributed by atoms with Crippen LogP contribution in [0.2, 0.25) is 0 Å². The third-order valence-corrected chi connectivity index (χ3v) is 6.55. The molecule has 0 heterocycles. The maximum absolute atomic E-state index is 11.6. The van der Waals surface area contributed by atoms with E-state index in [1.807, 2.05) is 0 Å². The maximum Gasteiger partial charge on any atom is 0.210 e. The van der Waals surface area contributed by atoms with Gasteiger partial charge in [-0.3, -0.25) is 0 Å². The lowest BCUT2D eigenvalue weighted by atomic mass is 9.49. The Hall–Kier alpha value is -0.0900. The van der Waals surface area contributed by atoms with Gasteiger partial charge < -0.3 is 0 Å². The molecule has 0 aromatic rings. The zero-order valence-electron chi connectivity index (χ0n) is 10.9. The van der Waals surface area contributed by atoms with Crippen LogP contribution in [-0.2, 0) is 10.0 Å². The van der Waals surface area contributed by atoms with Gasteiger partial charge in [0.15, 0.2) is 0 Å². The molecule has 4 rings (SSSR count). The first-order valence-electron chi connectivity index (χ1n) is 6.78. The van der Waals surface area contributed by atoms with Gasteiger partial charge in [-0.05, 0) is 61.7 Å². The summed E-state index contributed by atoms with van der Waals surface area (Å²) in [7, 11) is -1.27. The van der Waals surface area contributed by atoms with E-state index >= 15 is 0 Å². The molecule has 0 aromatic carbocycles. The van der Waals surface area contributed by atoms with Crippen molar-refractivity contribution in [2.75, 3.05) is 19.8 Å². The number of hydrogen-bond acceptors (Lipinski definition) is 2. The monoisotopic (exact) mass is 257 g/mol. The van der Waals surface area contributed by atoms with Crippen molar-refractivity contribution in [1.29, 1.82) is 0 Å². The molecule has 0 aliphatic heterocycles. The van der Waals surface area contributed by atoms with Crippen molar-refractivity contribution >= 4 is 10.0 Å². The average molecular weight is 257 g/mol. The molecule has 4 fully saturated rings. The largest absolute Gasteiger partial charge is 0.213 e. The Balaban J connectivity index is 1.78. The van der Waals surface area contributed by atoms with Crippen molar-refractivity contribution in [3.8, 4) is 0 Å². The fourth-order valence-electron chi connectivity index (χ4n) is 5.07. The summed E-state index contributed by atoms with van der Waals surface area (Å²) in [5.74, 6) is 2.69. The number of rotatable bonds is 3. The molecule has 4 saturated carbocycles. The third kappa shape index (κ3) is 2.14. The topological polar surface area (TPSA) is 37.4 Å².